The van der Waals surface area contributed by atoms with Crippen molar-refractivity contribution in [2.24, 2.45) is 0 Å². The Balaban J connectivity index is 4.82. The Morgan fingerprint density at radius 3 is 1.55 bits per heavy atom. The van der Waals surface area contributed by atoms with E-state index in [-0.39, 0.29) is 25.7 Å². The van der Waals surface area contributed by atoms with Gasteiger partial charge in [-0.1, -0.05) is 172 Å². The van der Waals surface area contributed by atoms with E-state index in [0.717, 1.165) is 51.4 Å². The topological polar surface area (TPSA) is 256 Å². The van der Waals surface area contributed by atoms with Gasteiger partial charge in [-0.15, -0.1) is 0 Å². The Morgan fingerprint density at radius 1 is 0.516 bits per heavy atom. The third-order valence-electron chi connectivity index (χ3n) is 9.58. The molecule has 0 fully saturated rings. The van der Waals surface area contributed by atoms with Crippen LogP contribution in [0, 0.1) is 0 Å². The highest BCUT2D eigenvalue weighted by molar-refractivity contribution is 7.47. The average Bonchev–Trinajstić information content (AvgIpc) is 3.22. The number of aliphatic hydroxyl groups is 4. The van der Waals surface area contributed by atoms with Crippen LogP contribution >= 0.6 is 15.6 Å². The largest absolute Gasteiger partial charge is 0.472 e. The molecular formula is C44H80O16P2. The standard InChI is InChI=1S/C44H80O16P2/c1-3-5-7-8-9-10-11-12-13-14-15-16-17-22-26-32-43(49)56-36-40(37-59-62(54,55)58-35-39(46)34-57-61(51,52)53)60-44(50)33-27-31-42(48)41(47)30-25-21-19-18-20-24-29-38(45)28-23-6-4-2/h18-21,24-25,29-30,38-42,45-48H,3-17,22-23,26-28,31-37H2,1-2H3,(H,54,55)(H2,51,52,53)/b20-18-,21-19+,29-24+,30-25+/t38-,39-,40+,41-,42-/m0/s1. The highest BCUT2D eigenvalue weighted by atomic mass is 31.2. The number of ether oxygens (including phenoxy) is 2. The van der Waals surface area contributed by atoms with Crippen molar-refractivity contribution in [2.45, 2.75) is 192 Å². The number of phosphoric ester groups is 2. The average molecular weight is 927 g/mol. The number of hydrogen-bond acceptors (Lipinski definition) is 13. The number of carbonyl (C=O) groups is 2. The molecule has 16 nitrogen and oxygen atoms in total. The summed E-state index contributed by atoms with van der Waals surface area (Å²) in [6.07, 6.45) is 28.9. The van der Waals surface area contributed by atoms with Crippen LogP contribution in [0.5, 0.6) is 0 Å². The van der Waals surface area contributed by atoms with Gasteiger partial charge in [0.05, 0.1) is 38.1 Å². The summed E-state index contributed by atoms with van der Waals surface area (Å²) < 4.78 is 47.5. The minimum Gasteiger partial charge on any atom is -0.462 e. The van der Waals surface area contributed by atoms with Crippen LogP contribution in [0.3, 0.4) is 0 Å². The van der Waals surface area contributed by atoms with E-state index in [4.69, 9.17) is 23.8 Å². The lowest BCUT2D eigenvalue weighted by molar-refractivity contribution is -0.161. The lowest BCUT2D eigenvalue weighted by Gasteiger charge is -2.21. The fourth-order valence-corrected chi connectivity index (χ4v) is 7.12. The second-order valence-electron chi connectivity index (χ2n) is 15.5. The van der Waals surface area contributed by atoms with Gasteiger partial charge in [0.1, 0.15) is 12.7 Å². The molecule has 1 unspecified atom stereocenters. The summed E-state index contributed by atoms with van der Waals surface area (Å²) in [4.78, 5) is 52.8. The fourth-order valence-electron chi connectivity index (χ4n) is 5.97. The van der Waals surface area contributed by atoms with Crippen LogP contribution < -0.4 is 0 Å². The molecule has 0 aliphatic carbocycles. The van der Waals surface area contributed by atoms with E-state index < -0.39 is 84.5 Å². The molecule has 18 heteroatoms. The van der Waals surface area contributed by atoms with Gasteiger partial charge in [-0.05, 0) is 25.7 Å². The van der Waals surface area contributed by atoms with E-state index in [0.29, 0.717) is 6.42 Å². The van der Waals surface area contributed by atoms with Gasteiger partial charge in [-0.25, -0.2) is 9.13 Å². The fraction of sp³-hybridized carbons (Fsp3) is 0.773. The molecule has 0 aliphatic heterocycles. The number of carbonyl (C=O) groups excluding carboxylic acids is 2. The zero-order chi connectivity index (χ0) is 46.3. The Hall–Kier alpha value is -2.04. The van der Waals surface area contributed by atoms with E-state index in [1.807, 2.05) is 0 Å². The first kappa shape index (κ1) is 60.0. The van der Waals surface area contributed by atoms with E-state index in [2.05, 4.69) is 22.9 Å². The summed E-state index contributed by atoms with van der Waals surface area (Å²) >= 11 is 0. The summed E-state index contributed by atoms with van der Waals surface area (Å²) in [5, 5.41) is 40.3. The molecule has 0 saturated heterocycles. The highest BCUT2D eigenvalue weighted by Gasteiger charge is 2.28. The molecule has 0 bridgehead atoms. The van der Waals surface area contributed by atoms with Crippen LogP contribution in [0.2, 0.25) is 0 Å². The quantitative estimate of drug-likeness (QED) is 0.0131. The van der Waals surface area contributed by atoms with Gasteiger partial charge in [-0.3, -0.25) is 23.2 Å². The van der Waals surface area contributed by atoms with Crippen LogP contribution in [0.4, 0.5) is 0 Å². The van der Waals surface area contributed by atoms with E-state index in [1.165, 1.54) is 70.3 Å². The number of unbranched alkanes of at least 4 members (excludes halogenated alkanes) is 16. The van der Waals surface area contributed by atoms with Gasteiger partial charge in [-0.2, -0.15) is 0 Å². The van der Waals surface area contributed by atoms with Crippen molar-refractivity contribution in [1.29, 1.82) is 0 Å². The van der Waals surface area contributed by atoms with E-state index in [9.17, 15) is 44.0 Å². The predicted octanol–water partition coefficient (Wildman–Crippen LogP) is 8.36. The summed E-state index contributed by atoms with van der Waals surface area (Å²) in [5.74, 6) is -1.36. The lowest BCUT2D eigenvalue weighted by atomic mass is 10.0. The van der Waals surface area contributed by atoms with E-state index in [1.54, 1.807) is 42.5 Å². The second kappa shape index (κ2) is 39.3. The first-order valence-corrected chi connectivity index (χ1v) is 25.7. The van der Waals surface area contributed by atoms with Crippen molar-refractivity contribution in [1.82, 2.24) is 0 Å². The summed E-state index contributed by atoms with van der Waals surface area (Å²) in [7, 11) is -9.81. The molecule has 0 rings (SSSR count). The summed E-state index contributed by atoms with van der Waals surface area (Å²) in [6, 6.07) is 0. The van der Waals surface area contributed by atoms with Gasteiger partial charge < -0.3 is 44.6 Å². The Morgan fingerprint density at radius 2 is 0.984 bits per heavy atom. The normalized spacial score (nSPS) is 16.0. The zero-order valence-electron chi connectivity index (χ0n) is 37.3. The maximum atomic E-state index is 12.7. The van der Waals surface area contributed by atoms with Crippen molar-refractivity contribution in [3.05, 3.63) is 48.6 Å². The zero-order valence-corrected chi connectivity index (χ0v) is 39.1. The first-order chi connectivity index (χ1) is 29.6. The number of rotatable bonds is 42. The minimum absolute atomic E-state index is 0.0265. The molecule has 7 N–H and O–H groups in total. The number of esters is 2. The molecule has 362 valence electrons. The number of hydrogen-bond donors (Lipinski definition) is 7. The maximum absolute atomic E-state index is 12.7. The molecule has 0 aromatic carbocycles. The maximum Gasteiger partial charge on any atom is 0.472 e. The Kier molecular flexibility index (Phi) is 38.0. The molecule has 0 spiro atoms. The molecule has 62 heavy (non-hydrogen) atoms. The summed E-state index contributed by atoms with van der Waals surface area (Å²) in [6.45, 7) is 1.27. The molecule has 0 saturated carbocycles. The van der Waals surface area contributed by atoms with Crippen LogP contribution in [-0.4, -0.2) is 104 Å². The minimum atomic E-state index is -4.91. The number of allylic oxidation sites excluding steroid dienone is 6. The predicted molar refractivity (Wildman–Crippen MR) is 239 cm³/mol. The third kappa shape index (κ3) is 40.7. The van der Waals surface area contributed by atoms with Gasteiger partial charge in [0, 0.05) is 12.8 Å². The van der Waals surface area contributed by atoms with Gasteiger partial charge in [0.25, 0.3) is 0 Å². The van der Waals surface area contributed by atoms with Gasteiger partial charge in [0.2, 0.25) is 0 Å². The van der Waals surface area contributed by atoms with Crippen molar-refractivity contribution in [3.63, 3.8) is 0 Å². The smallest absolute Gasteiger partial charge is 0.462 e. The number of aliphatic hydroxyl groups excluding tert-OH is 4. The first-order valence-electron chi connectivity index (χ1n) is 22.7. The Bertz CT molecular complexity index is 1330. The van der Waals surface area contributed by atoms with Crippen LogP contribution in [0.25, 0.3) is 0 Å². The monoisotopic (exact) mass is 926 g/mol. The van der Waals surface area contributed by atoms with Crippen LogP contribution in [-0.2, 0) is 41.8 Å². The van der Waals surface area contributed by atoms with E-state index >= 15 is 0 Å². The van der Waals surface area contributed by atoms with Crippen molar-refractivity contribution < 1.29 is 76.9 Å². The molecule has 0 aliphatic rings. The molecule has 6 atom stereocenters. The molecular weight excluding hydrogens is 846 g/mol. The van der Waals surface area contributed by atoms with Gasteiger partial charge >= 0.3 is 27.6 Å². The second-order valence-corrected chi connectivity index (χ2v) is 18.2. The summed E-state index contributed by atoms with van der Waals surface area (Å²) in [5.41, 5.74) is 0. The molecule has 0 radical (unpaired) electrons. The molecule has 0 amide bonds. The third-order valence-corrected chi connectivity index (χ3v) is 11.0. The SMILES string of the molecule is CCCCCCCCCCCCCCCCCC(=O)OC[C@H](COP(=O)(O)OC[C@@H](O)COP(=O)(O)O)OC(=O)CCC[C@H](O)[C@@H](O)/C=C/C=C/C=C\C=C\[C@@H](O)CCCCC. The Labute approximate surface area is 370 Å². The lowest BCUT2D eigenvalue weighted by Crippen LogP contribution is -2.30. The van der Waals surface area contributed by atoms with Crippen molar-refractivity contribution in [2.75, 3.05) is 26.4 Å². The molecule has 0 aromatic heterocycles. The van der Waals surface area contributed by atoms with Gasteiger partial charge in [0.15, 0.2) is 6.10 Å². The van der Waals surface area contributed by atoms with Crippen molar-refractivity contribution >= 4 is 27.6 Å². The highest BCUT2D eigenvalue weighted by Crippen LogP contribution is 2.43. The van der Waals surface area contributed by atoms with Crippen LogP contribution in [0.15, 0.2) is 48.6 Å². The molecule has 0 aromatic rings. The molecule has 0 heterocycles. The van der Waals surface area contributed by atoms with Crippen LogP contribution in [0.1, 0.15) is 162 Å². The van der Waals surface area contributed by atoms with Crippen molar-refractivity contribution in [3.8, 4) is 0 Å². The number of phosphoric acid groups is 2.